The summed E-state index contributed by atoms with van der Waals surface area (Å²) in [5.41, 5.74) is 8.81. The molecule has 0 aliphatic heterocycles. The molecule has 19 heavy (non-hydrogen) atoms. The summed E-state index contributed by atoms with van der Waals surface area (Å²) in [6.07, 6.45) is 1.73. The molecule has 0 bridgehead atoms. The van der Waals surface area contributed by atoms with Crippen LogP contribution in [0, 0.1) is 12.7 Å². The Balaban J connectivity index is 2.29. The van der Waals surface area contributed by atoms with E-state index in [1.807, 2.05) is 13.0 Å². The smallest absolute Gasteiger partial charge is 0.207 e. The second-order valence-electron chi connectivity index (χ2n) is 4.26. The van der Waals surface area contributed by atoms with Crippen molar-refractivity contribution in [2.24, 2.45) is 0 Å². The van der Waals surface area contributed by atoms with Crippen molar-refractivity contribution < 1.29 is 4.39 Å². The van der Waals surface area contributed by atoms with E-state index in [-0.39, 0.29) is 11.8 Å². The lowest BCUT2D eigenvalue weighted by Gasteiger charge is -2.06. The van der Waals surface area contributed by atoms with Crippen LogP contribution in [0.25, 0.3) is 16.9 Å². The highest BCUT2D eigenvalue weighted by atomic mass is 79.9. The van der Waals surface area contributed by atoms with E-state index >= 15 is 0 Å². The van der Waals surface area contributed by atoms with Crippen LogP contribution in [-0.4, -0.2) is 14.5 Å². The fourth-order valence-corrected chi connectivity index (χ4v) is 2.21. The van der Waals surface area contributed by atoms with Crippen molar-refractivity contribution in [1.29, 1.82) is 0 Å². The lowest BCUT2D eigenvalue weighted by Crippen LogP contribution is -2.02. The maximum Gasteiger partial charge on any atom is 0.207 e. The molecule has 2 aromatic heterocycles. The summed E-state index contributed by atoms with van der Waals surface area (Å²) < 4.78 is 15.7. The minimum Gasteiger partial charge on any atom is -0.369 e. The van der Waals surface area contributed by atoms with E-state index in [4.69, 9.17) is 5.73 Å². The van der Waals surface area contributed by atoms with Crippen molar-refractivity contribution in [3.63, 3.8) is 0 Å². The third kappa shape index (κ3) is 1.98. The van der Waals surface area contributed by atoms with Gasteiger partial charge in [-0.1, -0.05) is 0 Å². The highest BCUT2D eigenvalue weighted by molar-refractivity contribution is 9.10. The fraction of sp³-hybridized carbons (Fsp3) is 0.0769. The Kier molecular flexibility index (Phi) is 2.74. The van der Waals surface area contributed by atoms with Crippen molar-refractivity contribution in [1.82, 2.24) is 14.5 Å². The number of aryl methyl sites for hydroxylation is 1. The zero-order valence-corrected chi connectivity index (χ0v) is 11.6. The van der Waals surface area contributed by atoms with E-state index in [9.17, 15) is 4.39 Å². The predicted octanol–water partition coefficient (Wildman–Crippen LogP) is 3.21. The number of fused-ring (bicyclic) bond motifs is 1. The summed E-state index contributed by atoms with van der Waals surface area (Å²) in [6.45, 7) is 1.93. The highest BCUT2D eigenvalue weighted by Gasteiger charge is 2.12. The second kappa shape index (κ2) is 4.31. The van der Waals surface area contributed by atoms with Gasteiger partial charge in [-0.3, -0.25) is 4.57 Å². The molecular weight excluding hydrogens is 311 g/mol. The van der Waals surface area contributed by atoms with E-state index in [2.05, 4.69) is 25.9 Å². The van der Waals surface area contributed by atoms with Gasteiger partial charge in [0.15, 0.2) is 5.65 Å². The molecule has 0 radical (unpaired) electrons. The van der Waals surface area contributed by atoms with Crippen LogP contribution in [0.15, 0.2) is 34.9 Å². The van der Waals surface area contributed by atoms with E-state index in [0.717, 1.165) is 5.56 Å². The molecule has 1 aromatic carbocycles. The van der Waals surface area contributed by atoms with Gasteiger partial charge in [0.25, 0.3) is 0 Å². The molecule has 0 saturated heterocycles. The van der Waals surface area contributed by atoms with Crippen LogP contribution in [0.1, 0.15) is 5.56 Å². The number of anilines is 1. The first-order chi connectivity index (χ1) is 9.06. The largest absolute Gasteiger partial charge is 0.369 e. The molecule has 3 aromatic rings. The van der Waals surface area contributed by atoms with E-state index in [1.165, 1.54) is 6.07 Å². The highest BCUT2D eigenvalue weighted by Crippen LogP contribution is 2.25. The van der Waals surface area contributed by atoms with Crippen LogP contribution in [0.4, 0.5) is 10.3 Å². The fourth-order valence-electron chi connectivity index (χ4n) is 1.96. The number of nitrogens with two attached hydrogens (primary N) is 1. The topological polar surface area (TPSA) is 56.7 Å². The Bertz CT molecular complexity index is 782. The molecule has 0 spiro atoms. The Morgan fingerprint density at radius 3 is 2.84 bits per heavy atom. The molecule has 0 aliphatic carbocycles. The normalized spacial score (nSPS) is 11.1. The van der Waals surface area contributed by atoms with Gasteiger partial charge in [-0.2, -0.15) is 0 Å². The number of hydrogen-bond donors (Lipinski definition) is 1. The molecular formula is C13H10BrFN4. The number of pyridine rings is 1. The van der Waals surface area contributed by atoms with Gasteiger partial charge in [-0.05, 0) is 52.7 Å². The molecule has 0 aliphatic rings. The standard InChI is InChI=1S/C13H10BrFN4/c1-7-4-11-12(17-6-7)19(13(16)18-11)8-2-3-9(14)10(15)5-8/h2-6H,1H3,(H2,16,18). The third-order valence-corrected chi connectivity index (χ3v) is 3.46. The van der Waals surface area contributed by atoms with Crippen LogP contribution in [0.5, 0.6) is 0 Å². The molecule has 0 unspecified atom stereocenters. The van der Waals surface area contributed by atoms with Crippen LogP contribution in [0.3, 0.4) is 0 Å². The number of nitrogens with zero attached hydrogens (tertiary/aromatic N) is 3. The third-order valence-electron chi connectivity index (χ3n) is 2.82. The molecule has 2 heterocycles. The summed E-state index contributed by atoms with van der Waals surface area (Å²) in [5, 5.41) is 0. The number of imidazole rings is 1. The molecule has 6 heteroatoms. The molecule has 0 atom stereocenters. The van der Waals surface area contributed by atoms with Gasteiger partial charge in [-0.25, -0.2) is 14.4 Å². The van der Waals surface area contributed by atoms with E-state index < -0.39 is 0 Å². The van der Waals surface area contributed by atoms with Gasteiger partial charge in [0.2, 0.25) is 5.95 Å². The first-order valence-electron chi connectivity index (χ1n) is 5.62. The van der Waals surface area contributed by atoms with Gasteiger partial charge in [0.1, 0.15) is 11.3 Å². The minimum absolute atomic E-state index is 0.287. The lowest BCUT2D eigenvalue weighted by molar-refractivity contribution is 0.620. The summed E-state index contributed by atoms with van der Waals surface area (Å²) in [5.74, 6) is -0.0688. The Hall–Kier alpha value is -1.95. The lowest BCUT2D eigenvalue weighted by atomic mass is 10.3. The summed E-state index contributed by atoms with van der Waals surface area (Å²) >= 11 is 3.12. The molecule has 4 nitrogen and oxygen atoms in total. The average molecular weight is 321 g/mol. The predicted molar refractivity (Wildman–Crippen MR) is 75.7 cm³/mol. The van der Waals surface area contributed by atoms with Gasteiger partial charge >= 0.3 is 0 Å². The monoisotopic (exact) mass is 320 g/mol. The number of benzene rings is 1. The SMILES string of the molecule is Cc1cnc2c(c1)nc(N)n2-c1ccc(Br)c(F)c1. The minimum atomic E-state index is -0.356. The van der Waals surface area contributed by atoms with E-state index in [1.54, 1.807) is 22.9 Å². The van der Waals surface area contributed by atoms with Gasteiger partial charge in [0, 0.05) is 6.20 Å². The zero-order valence-electron chi connectivity index (χ0n) is 10.1. The van der Waals surface area contributed by atoms with Gasteiger partial charge in [0.05, 0.1) is 10.2 Å². The summed E-state index contributed by atoms with van der Waals surface area (Å²) in [4.78, 5) is 8.56. The molecule has 0 fully saturated rings. The molecule has 3 rings (SSSR count). The molecule has 0 amide bonds. The van der Waals surface area contributed by atoms with Crippen molar-refractivity contribution in [3.05, 3.63) is 46.3 Å². The van der Waals surface area contributed by atoms with Gasteiger partial charge in [-0.15, -0.1) is 0 Å². The average Bonchev–Trinajstić information content (AvgIpc) is 2.68. The number of halogens is 2. The van der Waals surface area contributed by atoms with Crippen molar-refractivity contribution >= 4 is 33.0 Å². The maximum absolute atomic E-state index is 13.6. The zero-order chi connectivity index (χ0) is 13.6. The quantitative estimate of drug-likeness (QED) is 0.749. The van der Waals surface area contributed by atoms with E-state index in [0.29, 0.717) is 21.3 Å². The Morgan fingerprint density at radius 1 is 1.32 bits per heavy atom. The summed E-state index contributed by atoms with van der Waals surface area (Å²) in [7, 11) is 0. The van der Waals surface area contributed by atoms with Crippen molar-refractivity contribution in [3.8, 4) is 5.69 Å². The molecule has 96 valence electrons. The van der Waals surface area contributed by atoms with Gasteiger partial charge < -0.3 is 5.73 Å². The Morgan fingerprint density at radius 2 is 2.11 bits per heavy atom. The van der Waals surface area contributed by atoms with Crippen LogP contribution >= 0.6 is 15.9 Å². The number of aromatic nitrogens is 3. The van der Waals surface area contributed by atoms with Crippen LogP contribution in [-0.2, 0) is 0 Å². The molecule has 0 saturated carbocycles. The Labute approximate surface area is 117 Å². The second-order valence-corrected chi connectivity index (χ2v) is 5.11. The van der Waals surface area contributed by atoms with Crippen LogP contribution in [0.2, 0.25) is 0 Å². The summed E-state index contributed by atoms with van der Waals surface area (Å²) in [6, 6.07) is 6.67. The van der Waals surface area contributed by atoms with Crippen LogP contribution < -0.4 is 5.73 Å². The van der Waals surface area contributed by atoms with Crippen molar-refractivity contribution in [2.75, 3.05) is 5.73 Å². The number of rotatable bonds is 1. The first-order valence-corrected chi connectivity index (χ1v) is 6.41. The number of hydrogen-bond acceptors (Lipinski definition) is 3. The van der Waals surface area contributed by atoms with Crippen molar-refractivity contribution in [2.45, 2.75) is 6.92 Å². The maximum atomic E-state index is 13.6. The molecule has 2 N–H and O–H groups in total. The first kappa shape index (κ1) is 12.1. The number of nitrogen functional groups attached to an aromatic ring is 1.